The molecule has 0 aromatic carbocycles. The van der Waals surface area contributed by atoms with Crippen molar-refractivity contribution >= 4 is 51.7 Å². The van der Waals surface area contributed by atoms with E-state index < -0.39 is 29.2 Å². The van der Waals surface area contributed by atoms with E-state index in [-0.39, 0.29) is 28.8 Å². The van der Waals surface area contributed by atoms with Crippen molar-refractivity contribution in [3.63, 3.8) is 0 Å². The summed E-state index contributed by atoms with van der Waals surface area (Å²) in [6, 6.07) is 2.74. The van der Waals surface area contributed by atoms with Crippen LogP contribution in [0, 0.1) is 0 Å². The lowest BCUT2D eigenvalue weighted by Crippen LogP contribution is -2.71. The molecule has 0 unspecified atom stereocenters. The van der Waals surface area contributed by atoms with Crippen molar-refractivity contribution in [3.8, 4) is 11.4 Å². The molecule has 5 heterocycles. The summed E-state index contributed by atoms with van der Waals surface area (Å²) in [5.74, 6) is -1.54. The lowest BCUT2D eigenvalue weighted by Gasteiger charge is -2.49. The van der Waals surface area contributed by atoms with Crippen molar-refractivity contribution in [3.05, 3.63) is 53.2 Å². The van der Waals surface area contributed by atoms with Crippen LogP contribution in [-0.2, 0) is 32.8 Å². The SMILES string of the molecule is CO/N=C(/C(=O)N[C@@H]1C(=O)N2C(C(=O)O)=C(C[n+]3cccc(-c4ncn(C)n4)c3)CS[C@H]12)c1csc(N)n1. The van der Waals surface area contributed by atoms with E-state index in [1.165, 1.54) is 23.8 Å². The van der Waals surface area contributed by atoms with Crippen LogP contribution in [-0.4, -0.2) is 77.5 Å². The number of aromatic nitrogens is 5. The molecule has 2 aliphatic heterocycles. The Kier molecular flexibility index (Phi) is 6.81. The Morgan fingerprint density at radius 2 is 2.24 bits per heavy atom. The van der Waals surface area contributed by atoms with Gasteiger partial charge in [0.2, 0.25) is 0 Å². The highest BCUT2D eigenvalue weighted by molar-refractivity contribution is 8.00. The quantitative estimate of drug-likeness (QED) is 0.143. The number of nitrogens with zero attached hydrogens (tertiary/aromatic N) is 7. The summed E-state index contributed by atoms with van der Waals surface area (Å²) in [5, 5.41) is 21.9. The summed E-state index contributed by atoms with van der Waals surface area (Å²) in [4.78, 5) is 52.5. The first-order valence-electron chi connectivity index (χ1n) is 11.1. The second-order valence-electron chi connectivity index (χ2n) is 8.32. The molecule has 3 aromatic heterocycles. The molecule has 38 heavy (non-hydrogen) atoms. The van der Waals surface area contributed by atoms with Crippen LogP contribution in [0.3, 0.4) is 0 Å². The number of carboxylic acids is 1. The molecule has 1 saturated heterocycles. The zero-order valence-corrected chi connectivity index (χ0v) is 21.8. The molecule has 0 spiro atoms. The van der Waals surface area contributed by atoms with Crippen molar-refractivity contribution in [2.75, 3.05) is 18.6 Å². The van der Waals surface area contributed by atoms with Gasteiger partial charge in [-0.05, 0) is 6.07 Å². The Balaban J connectivity index is 1.35. The number of carbonyl (C=O) groups excluding carboxylic acids is 2. The number of aryl methyl sites for hydroxylation is 1. The number of oxime groups is 1. The third kappa shape index (κ3) is 4.70. The number of nitrogens with one attached hydrogen (secondary N) is 1. The molecule has 2 aliphatic rings. The highest BCUT2D eigenvalue weighted by Gasteiger charge is 2.54. The van der Waals surface area contributed by atoms with Gasteiger partial charge in [0.15, 0.2) is 35.6 Å². The monoisotopic (exact) mass is 556 g/mol. The van der Waals surface area contributed by atoms with E-state index >= 15 is 0 Å². The number of thioether (sulfide) groups is 1. The van der Waals surface area contributed by atoms with E-state index in [4.69, 9.17) is 10.6 Å². The first-order chi connectivity index (χ1) is 18.3. The summed E-state index contributed by atoms with van der Waals surface area (Å²) in [6.07, 6.45) is 5.22. The van der Waals surface area contributed by atoms with Gasteiger partial charge in [0.25, 0.3) is 11.8 Å². The van der Waals surface area contributed by atoms with Crippen molar-refractivity contribution < 1.29 is 28.9 Å². The minimum atomic E-state index is -1.22. The van der Waals surface area contributed by atoms with Gasteiger partial charge in [-0.2, -0.15) is 5.10 Å². The molecular formula is C22H22N9O5S2+. The molecule has 0 radical (unpaired) electrons. The smallest absolute Gasteiger partial charge is 0.352 e. The maximum absolute atomic E-state index is 13.1. The number of carbonyl (C=O) groups is 3. The number of β-lactam (4-membered cyclic amide) rings is 1. The van der Waals surface area contributed by atoms with Gasteiger partial charge in [-0.1, -0.05) is 5.16 Å². The summed E-state index contributed by atoms with van der Waals surface area (Å²) in [6.45, 7) is 0.249. The van der Waals surface area contributed by atoms with Crippen LogP contribution < -0.4 is 15.6 Å². The topological polar surface area (TPSA) is 182 Å². The molecule has 196 valence electrons. The lowest BCUT2D eigenvalue weighted by molar-refractivity contribution is -0.688. The Hall–Kier alpha value is -4.31. The van der Waals surface area contributed by atoms with Crippen molar-refractivity contribution in [2.24, 2.45) is 12.2 Å². The van der Waals surface area contributed by atoms with Crippen molar-refractivity contribution in [1.29, 1.82) is 0 Å². The molecule has 14 nitrogen and oxygen atoms in total. The number of rotatable bonds is 8. The number of hydrogen-bond donors (Lipinski definition) is 3. The fourth-order valence-electron chi connectivity index (χ4n) is 4.15. The summed E-state index contributed by atoms with van der Waals surface area (Å²) in [7, 11) is 3.05. The molecule has 1 fully saturated rings. The van der Waals surface area contributed by atoms with Gasteiger partial charge >= 0.3 is 5.97 Å². The van der Waals surface area contributed by atoms with E-state index in [1.54, 1.807) is 29.6 Å². The van der Waals surface area contributed by atoms with Crippen LogP contribution in [0.5, 0.6) is 0 Å². The minimum Gasteiger partial charge on any atom is -0.477 e. The second-order valence-corrected chi connectivity index (χ2v) is 10.3. The number of anilines is 1. The molecule has 0 aliphatic carbocycles. The lowest BCUT2D eigenvalue weighted by atomic mass is 10.0. The van der Waals surface area contributed by atoms with Crippen LogP contribution in [0.4, 0.5) is 5.13 Å². The van der Waals surface area contributed by atoms with E-state index in [9.17, 15) is 19.5 Å². The standard InChI is InChI=1S/C22H21N9O5S2/c1-29-10-24-17(27-29)11-4-3-5-30(6-11)7-12-8-37-20-15(19(33)31(20)16(12)21(34)35)26-18(32)14(28-36-2)13-9-38-22(23)25-13/h3-6,9-10,15,20H,7-8H2,1-2H3,(H3-,23,25,26,32,34,35)/p+1/b28-14+/t15-,20-/m1/s1. The summed E-state index contributed by atoms with van der Waals surface area (Å²) in [5.41, 5.74) is 6.97. The fourth-order valence-corrected chi connectivity index (χ4v) is 6.03. The molecule has 0 saturated carbocycles. The molecule has 3 aromatic rings. The number of aliphatic carboxylic acids is 1. The number of carboxylic acid groups (broad SMARTS) is 1. The second kappa shape index (κ2) is 10.2. The van der Waals surface area contributed by atoms with Gasteiger partial charge in [-0.25, -0.2) is 19.3 Å². The molecular weight excluding hydrogens is 534 g/mol. The van der Waals surface area contributed by atoms with Crippen LogP contribution in [0.2, 0.25) is 0 Å². The highest BCUT2D eigenvalue weighted by atomic mass is 32.2. The van der Waals surface area contributed by atoms with E-state index in [0.717, 1.165) is 16.9 Å². The predicted molar refractivity (Wildman–Crippen MR) is 136 cm³/mol. The summed E-state index contributed by atoms with van der Waals surface area (Å²) < 4.78 is 3.41. The molecule has 2 atom stereocenters. The average molecular weight is 557 g/mol. The van der Waals surface area contributed by atoms with Crippen molar-refractivity contribution in [1.82, 2.24) is 30.0 Å². The first kappa shape index (κ1) is 25.3. The number of thiazole rings is 1. The van der Waals surface area contributed by atoms with E-state index in [1.807, 2.05) is 22.9 Å². The van der Waals surface area contributed by atoms with Gasteiger partial charge < -0.3 is 21.0 Å². The molecule has 0 bridgehead atoms. The molecule has 2 amide bonds. The van der Waals surface area contributed by atoms with Gasteiger partial charge in [0, 0.05) is 29.8 Å². The highest BCUT2D eigenvalue weighted by Crippen LogP contribution is 2.40. The molecule has 16 heteroatoms. The third-order valence-electron chi connectivity index (χ3n) is 5.79. The van der Waals surface area contributed by atoms with Crippen molar-refractivity contribution in [2.45, 2.75) is 18.0 Å². The number of nitrogens with two attached hydrogens (primary N) is 1. The number of pyridine rings is 1. The van der Waals surface area contributed by atoms with Gasteiger partial charge in [-0.3, -0.25) is 19.2 Å². The van der Waals surface area contributed by atoms with Crippen LogP contribution in [0.25, 0.3) is 11.4 Å². The number of amides is 2. The van der Waals surface area contributed by atoms with Crippen LogP contribution in [0.15, 0.2) is 52.7 Å². The predicted octanol–water partition coefficient (Wildman–Crippen LogP) is -0.402. The fraction of sp³-hybridized carbons (Fsp3) is 0.273. The minimum absolute atomic E-state index is 0.0869. The molecule has 5 rings (SSSR count). The Labute approximate surface area is 223 Å². The Morgan fingerprint density at radius 1 is 1.42 bits per heavy atom. The third-order valence-corrected chi connectivity index (χ3v) is 7.80. The van der Waals surface area contributed by atoms with Gasteiger partial charge in [0.1, 0.15) is 36.2 Å². The number of fused-ring (bicyclic) bond motifs is 1. The maximum Gasteiger partial charge on any atom is 0.352 e. The zero-order chi connectivity index (χ0) is 27.0. The maximum atomic E-state index is 13.1. The number of hydrogen-bond acceptors (Lipinski definition) is 11. The molecule has 4 N–H and O–H groups in total. The van der Waals surface area contributed by atoms with Gasteiger partial charge in [0.05, 0.1) is 5.56 Å². The normalized spacial score (nSPS) is 19.2. The number of nitrogen functional groups attached to an aromatic ring is 1. The summed E-state index contributed by atoms with van der Waals surface area (Å²) >= 11 is 2.50. The van der Waals surface area contributed by atoms with E-state index in [2.05, 4.69) is 25.5 Å². The van der Waals surface area contributed by atoms with Crippen LogP contribution >= 0.6 is 23.1 Å². The van der Waals surface area contributed by atoms with E-state index in [0.29, 0.717) is 17.2 Å². The van der Waals surface area contributed by atoms with Crippen LogP contribution in [0.1, 0.15) is 5.69 Å². The van der Waals surface area contributed by atoms with Gasteiger partial charge in [-0.15, -0.1) is 23.1 Å². The Bertz CT molecular complexity index is 1500. The largest absolute Gasteiger partial charge is 0.477 e. The zero-order valence-electron chi connectivity index (χ0n) is 20.1. The first-order valence-corrected chi connectivity index (χ1v) is 13.1. The average Bonchev–Trinajstić information content (AvgIpc) is 3.53. The Morgan fingerprint density at radius 3 is 2.89 bits per heavy atom.